The molecule has 0 spiro atoms. The van der Waals surface area contributed by atoms with Gasteiger partial charge in [0.15, 0.2) is 0 Å². The van der Waals surface area contributed by atoms with E-state index in [4.69, 9.17) is 11.6 Å². The molecule has 1 aromatic heterocycles. The maximum Gasteiger partial charge on any atom is 0.220 e. The molecule has 102 valence electrons. The van der Waals surface area contributed by atoms with Crippen molar-refractivity contribution in [1.82, 2.24) is 9.88 Å². The molecule has 20 heavy (non-hydrogen) atoms. The fraction of sp³-hybridized carbons (Fsp3) is 0.250. The van der Waals surface area contributed by atoms with Crippen molar-refractivity contribution in [1.29, 1.82) is 0 Å². The smallest absolute Gasteiger partial charge is 0.220 e. The fourth-order valence-corrected chi connectivity index (χ4v) is 2.87. The molecule has 0 aliphatic carbocycles. The van der Waals surface area contributed by atoms with E-state index in [1.165, 1.54) is 5.56 Å². The van der Waals surface area contributed by atoms with Gasteiger partial charge in [0.2, 0.25) is 5.91 Å². The predicted molar refractivity (Wildman–Crippen MR) is 78.6 cm³/mol. The van der Waals surface area contributed by atoms with E-state index in [0.717, 1.165) is 24.2 Å². The molecule has 1 unspecified atom stereocenters. The zero-order chi connectivity index (χ0) is 14.1. The Labute approximate surface area is 123 Å². The van der Waals surface area contributed by atoms with Gasteiger partial charge in [-0.2, -0.15) is 0 Å². The van der Waals surface area contributed by atoms with Crippen LogP contribution in [0, 0.1) is 0 Å². The van der Waals surface area contributed by atoms with Crippen molar-refractivity contribution in [2.45, 2.75) is 19.4 Å². The molecule has 2 heterocycles. The molecule has 1 atom stereocenters. The number of aromatic nitrogens is 1. The quantitative estimate of drug-likeness (QED) is 0.806. The minimum atomic E-state index is -0.116. The Bertz CT molecular complexity index is 639. The third kappa shape index (κ3) is 2.29. The molecular formula is C16H15ClN2O. The van der Waals surface area contributed by atoms with Crippen molar-refractivity contribution in [2.75, 3.05) is 6.54 Å². The van der Waals surface area contributed by atoms with Gasteiger partial charge in [-0.15, -0.1) is 0 Å². The maximum atomic E-state index is 11.9. The standard InChI is InChI=1S/C16H15ClN2O/c1-11(20)19-10-8-12-3-2-9-18-15(12)16(19)13-4-6-14(17)7-5-13/h2-7,9,16H,8,10H2,1H3. The van der Waals surface area contributed by atoms with Gasteiger partial charge in [0, 0.05) is 24.7 Å². The van der Waals surface area contributed by atoms with Crippen molar-refractivity contribution in [2.24, 2.45) is 0 Å². The Hall–Kier alpha value is -1.87. The van der Waals surface area contributed by atoms with Gasteiger partial charge in [-0.05, 0) is 35.7 Å². The molecule has 1 aliphatic rings. The molecule has 0 radical (unpaired) electrons. The molecule has 0 saturated heterocycles. The average Bonchev–Trinajstić information content (AvgIpc) is 2.47. The minimum absolute atomic E-state index is 0.0706. The molecule has 2 aromatic rings. The first kappa shape index (κ1) is 13.1. The normalized spacial score (nSPS) is 17.7. The van der Waals surface area contributed by atoms with Crippen LogP contribution in [0.3, 0.4) is 0 Å². The predicted octanol–water partition coefficient (Wildman–Crippen LogP) is 3.23. The highest BCUT2D eigenvalue weighted by Gasteiger charge is 2.31. The molecule has 1 aliphatic heterocycles. The van der Waals surface area contributed by atoms with Crippen LogP contribution in [0.25, 0.3) is 0 Å². The number of hydrogen-bond donors (Lipinski definition) is 0. The Morgan fingerprint density at radius 2 is 2.05 bits per heavy atom. The number of carbonyl (C=O) groups is 1. The number of hydrogen-bond acceptors (Lipinski definition) is 2. The van der Waals surface area contributed by atoms with Crippen LogP contribution < -0.4 is 0 Å². The Morgan fingerprint density at radius 1 is 1.30 bits per heavy atom. The van der Waals surface area contributed by atoms with Gasteiger partial charge in [-0.25, -0.2) is 0 Å². The summed E-state index contributed by atoms with van der Waals surface area (Å²) in [4.78, 5) is 18.3. The summed E-state index contributed by atoms with van der Waals surface area (Å²) in [5.74, 6) is 0.0706. The van der Waals surface area contributed by atoms with E-state index in [0.29, 0.717) is 5.02 Å². The van der Waals surface area contributed by atoms with Crippen LogP contribution in [0.5, 0.6) is 0 Å². The molecule has 0 fully saturated rings. The van der Waals surface area contributed by atoms with Gasteiger partial charge in [0.25, 0.3) is 0 Å². The molecule has 4 heteroatoms. The number of carbonyl (C=O) groups excluding carboxylic acids is 1. The molecule has 1 aromatic carbocycles. The number of rotatable bonds is 1. The highest BCUT2D eigenvalue weighted by Crippen LogP contribution is 2.34. The summed E-state index contributed by atoms with van der Waals surface area (Å²) >= 11 is 5.95. The van der Waals surface area contributed by atoms with Gasteiger partial charge in [0.1, 0.15) is 0 Å². The third-order valence-electron chi connectivity index (χ3n) is 3.71. The minimum Gasteiger partial charge on any atom is -0.330 e. The van der Waals surface area contributed by atoms with E-state index in [1.807, 2.05) is 35.2 Å². The Kier molecular flexibility index (Phi) is 3.45. The van der Waals surface area contributed by atoms with Crippen LogP contribution in [-0.2, 0) is 11.2 Å². The molecule has 1 amide bonds. The van der Waals surface area contributed by atoms with E-state index in [2.05, 4.69) is 11.1 Å². The second kappa shape index (κ2) is 5.25. The first-order chi connectivity index (χ1) is 9.66. The molecule has 0 saturated carbocycles. The number of benzene rings is 1. The van der Waals surface area contributed by atoms with Crippen molar-refractivity contribution < 1.29 is 4.79 Å². The summed E-state index contributed by atoms with van der Waals surface area (Å²) in [7, 11) is 0. The molecule has 0 bridgehead atoms. The number of halogens is 1. The van der Waals surface area contributed by atoms with Crippen LogP contribution in [0.4, 0.5) is 0 Å². The molecule has 3 nitrogen and oxygen atoms in total. The highest BCUT2D eigenvalue weighted by molar-refractivity contribution is 6.30. The lowest BCUT2D eigenvalue weighted by atomic mass is 9.92. The van der Waals surface area contributed by atoms with Crippen LogP contribution in [-0.4, -0.2) is 22.3 Å². The second-order valence-corrected chi connectivity index (χ2v) is 5.40. The molecule has 0 N–H and O–H groups in total. The topological polar surface area (TPSA) is 33.2 Å². The first-order valence-corrected chi connectivity index (χ1v) is 7.01. The summed E-state index contributed by atoms with van der Waals surface area (Å²) in [6.45, 7) is 2.33. The maximum absolute atomic E-state index is 11.9. The summed E-state index contributed by atoms with van der Waals surface area (Å²) in [5.41, 5.74) is 3.23. The van der Waals surface area contributed by atoms with Crippen LogP contribution in [0.15, 0.2) is 42.6 Å². The molecule has 3 rings (SSSR count). The van der Waals surface area contributed by atoms with Crippen LogP contribution >= 0.6 is 11.6 Å². The summed E-state index contributed by atoms with van der Waals surface area (Å²) in [6.07, 6.45) is 2.64. The first-order valence-electron chi connectivity index (χ1n) is 6.63. The highest BCUT2D eigenvalue weighted by atomic mass is 35.5. The van der Waals surface area contributed by atoms with Crippen LogP contribution in [0.2, 0.25) is 5.02 Å². The van der Waals surface area contributed by atoms with Gasteiger partial charge in [-0.3, -0.25) is 9.78 Å². The van der Waals surface area contributed by atoms with Crippen molar-refractivity contribution in [3.05, 3.63) is 64.4 Å². The zero-order valence-electron chi connectivity index (χ0n) is 11.2. The van der Waals surface area contributed by atoms with E-state index in [-0.39, 0.29) is 11.9 Å². The van der Waals surface area contributed by atoms with Gasteiger partial charge < -0.3 is 4.90 Å². The fourth-order valence-electron chi connectivity index (χ4n) is 2.75. The van der Waals surface area contributed by atoms with Crippen molar-refractivity contribution in [3.63, 3.8) is 0 Å². The van der Waals surface area contributed by atoms with Crippen LogP contribution in [0.1, 0.15) is 29.8 Å². The lowest BCUT2D eigenvalue weighted by Gasteiger charge is -2.36. The lowest BCUT2D eigenvalue weighted by molar-refractivity contribution is -0.130. The lowest BCUT2D eigenvalue weighted by Crippen LogP contribution is -2.39. The summed E-state index contributed by atoms with van der Waals surface area (Å²) < 4.78 is 0. The summed E-state index contributed by atoms with van der Waals surface area (Å²) in [6, 6.07) is 11.6. The average molecular weight is 287 g/mol. The van der Waals surface area contributed by atoms with E-state index in [1.54, 1.807) is 13.1 Å². The largest absolute Gasteiger partial charge is 0.330 e. The Morgan fingerprint density at radius 3 is 2.75 bits per heavy atom. The number of nitrogens with zero attached hydrogens (tertiary/aromatic N) is 2. The third-order valence-corrected chi connectivity index (χ3v) is 3.96. The second-order valence-electron chi connectivity index (χ2n) is 4.96. The summed E-state index contributed by atoms with van der Waals surface area (Å²) in [5, 5.41) is 0.695. The van der Waals surface area contributed by atoms with E-state index >= 15 is 0 Å². The number of amides is 1. The Balaban J connectivity index is 2.11. The van der Waals surface area contributed by atoms with Crippen molar-refractivity contribution in [3.8, 4) is 0 Å². The zero-order valence-corrected chi connectivity index (χ0v) is 12.0. The number of pyridine rings is 1. The SMILES string of the molecule is CC(=O)N1CCc2cccnc2C1c1ccc(Cl)cc1. The van der Waals surface area contributed by atoms with E-state index in [9.17, 15) is 4.79 Å². The van der Waals surface area contributed by atoms with E-state index < -0.39 is 0 Å². The number of fused-ring (bicyclic) bond motifs is 1. The van der Waals surface area contributed by atoms with Crippen molar-refractivity contribution >= 4 is 17.5 Å². The van der Waals surface area contributed by atoms with Gasteiger partial charge in [-0.1, -0.05) is 29.8 Å². The van der Waals surface area contributed by atoms with Gasteiger partial charge in [0.05, 0.1) is 11.7 Å². The molecular weight excluding hydrogens is 272 g/mol. The van der Waals surface area contributed by atoms with Gasteiger partial charge >= 0.3 is 0 Å². The monoisotopic (exact) mass is 286 g/mol.